The normalized spacial score (nSPS) is 12.6. The zero-order valence-corrected chi connectivity index (χ0v) is 14.8. The van der Waals surface area contributed by atoms with Crippen molar-refractivity contribution < 1.29 is 34.8 Å². The molecule has 0 fully saturated rings. The highest BCUT2D eigenvalue weighted by Gasteiger charge is 2.35. The van der Waals surface area contributed by atoms with Crippen LogP contribution in [0.25, 0.3) is 0 Å². The number of carboxylic acids is 1. The summed E-state index contributed by atoms with van der Waals surface area (Å²) in [6.45, 7) is 1.04. The van der Waals surface area contributed by atoms with Gasteiger partial charge in [-0.3, -0.25) is 4.79 Å². The van der Waals surface area contributed by atoms with Crippen molar-refractivity contribution >= 4 is 11.9 Å². The number of carbonyl (C=O) groups is 2. The van der Waals surface area contributed by atoms with Crippen LogP contribution >= 0.6 is 0 Å². The first-order valence-corrected chi connectivity index (χ1v) is 8.04. The summed E-state index contributed by atoms with van der Waals surface area (Å²) < 4.78 is 0. The Balaban J connectivity index is 2.13. The predicted molar refractivity (Wildman–Crippen MR) is 95.2 cm³/mol. The van der Waals surface area contributed by atoms with E-state index in [1.807, 2.05) is 0 Å². The fourth-order valence-corrected chi connectivity index (χ4v) is 2.46. The lowest BCUT2D eigenvalue weighted by atomic mass is 9.92. The Morgan fingerprint density at radius 1 is 1.11 bits per heavy atom. The lowest BCUT2D eigenvalue weighted by Gasteiger charge is -2.26. The molecular formula is C18H18N2O8. The molecule has 28 heavy (non-hydrogen) atoms. The van der Waals surface area contributed by atoms with Crippen LogP contribution in [0, 0.1) is 10.1 Å². The summed E-state index contributed by atoms with van der Waals surface area (Å²) >= 11 is 0. The molecule has 0 aliphatic rings. The summed E-state index contributed by atoms with van der Waals surface area (Å²) in [6, 6.07) is 9.56. The summed E-state index contributed by atoms with van der Waals surface area (Å²) in [4.78, 5) is 38.6. The van der Waals surface area contributed by atoms with E-state index in [-0.39, 0.29) is 24.3 Å². The minimum atomic E-state index is -1.69. The SMILES string of the molecule is CC(Cc1ccc(O)c(O)c1)(NC(=O)c1ccc(CO[N+](=O)[O-])cc1)C(=O)O. The summed E-state index contributed by atoms with van der Waals surface area (Å²) in [5.74, 6) is -2.69. The maximum absolute atomic E-state index is 12.5. The van der Waals surface area contributed by atoms with Crippen LogP contribution in [0.15, 0.2) is 42.5 Å². The molecule has 0 aliphatic heterocycles. The fourth-order valence-electron chi connectivity index (χ4n) is 2.46. The number of hydrogen-bond donors (Lipinski definition) is 4. The molecule has 10 nitrogen and oxygen atoms in total. The second-order valence-corrected chi connectivity index (χ2v) is 6.29. The van der Waals surface area contributed by atoms with Gasteiger partial charge in [0.1, 0.15) is 12.1 Å². The van der Waals surface area contributed by atoms with E-state index in [9.17, 15) is 35.0 Å². The Labute approximate surface area is 159 Å². The van der Waals surface area contributed by atoms with Gasteiger partial charge in [-0.1, -0.05) is 18.2 Å². The monoisotopic (exact) mass is 390 g/mol. The van der Waals surface area contributed by atoms with Crippen LogP contribution in [0.2, 0.25) is 0 Å². The predicted octanol–water partition coefficient (Wildman–Crippen LogP) is 1.62. The molecule has 0 saturated heterocycles. The summed E-state index contributed by atoms with van der Waals surface area (Å²) in [6.07, 6.45) is -0.142. The summed E-state index contributed by atoms with van der Waals surface area (Å²) in [7, 11) is 0. The highest BCUT2D eigenvalue weighted by atomic mass is 16.9. The first kappa shape index (κ1) is 20.5. The highest BCUT2D eigenvalue weighted by molar-refractivity contribution is 5.97. The second-order valence-electron chi connectivity index (χ2n) is 6.29. The van der Waals surface area contributed by atoms with Crippen molar-refractivity contribution in [2.45, 2.75) is 25.5 Å². The third-order valence-electron chi connectivity index (χ3n) is 4.01. The van der Waals surface area contributed by atoms with Crippen LogP contribution in [-0.2, 0) is 22.7 Å². The lowest BCUT2D eigenvalue weighted by Crippen LogP contribution is -2.53. The zero-order chi connectivity index (χ0) is 20.9. The van der Waals surface area contributed by atoms with Gasteiger partial charge in [0.25, 0.3) is 11.0 Å². The third-order valence-corrected chi connectivity index (χ3v) is 4.01. The van der Waals surface area contributed by atoms with Crippen LogP contribution in [0.4, 0.5) is 0 Å². The fraction of sp³-hybridized carbons (Fsp3) is 0.222. The Morgan fingerprint density at radius 2 is 1.71 bits per heavy atom. The molecule has 4 N–H and O–H groups in total. The molecule has 1 unspecified atom stereocenters. The Morgan fingerprint density at radius 3 is 2.25 bits per heavy atom. The quantitative estimate of drug-likeness (QED) is 0.300. The summed E-state index contributed by atoms with van der Waals surface area (Å²) in [5, 5.41) is 40.2. The molecular weight excluding hydrogens is 372 g/mol. The number of benzene rings is 2. The molecule has 10 heteroatoms. The van der Waals surface area contributed by atoms with Gasteiger partial charge >= 0.3 is 5.97 Å². The van der Waals surface area contributed by atoms with Crippen molar-refractivity contribution in [2.24, 2.45) is 0 Å². The molecule has 1 amide bonds. The molecule has 2 rings (SSSR count). The Hall–Kier alpha value is -3.82. The van der Waals surface area contributed by atoms with E-state index >= 15 is 0 Å². The van der Waals surface area contributed by atoms with Crippen LogP contribution < -0.4 is 5.32 Å². The van der Waals surface area contributed by atoms with Gasteiger partial charge in [-0.25, -0.2) is 4.79 Å². The topological polar surface area (TPSA) is 159 Å². The lowest BCUT2D eigenvalue weighted by molar-refractivity contribution is -0.763. The number of aliphatic carboxylic acids is 1. The van der Waals surface area contributed by atoms with Gasteiger partial charge in [-0.2, -0.15) is 0 Å². The number of amides is 1. The van der Waals surface area contributed by atoms with Crippen molar-refractivity contribution in [1.82, 2.24) is 5.32 Å². The molecule has 0 aromatic heterocycles. The molecule has 0 bridgehead atoms. The van der Waals surface area contributed by atoms with E-state index in [0.717, 1.165) is 0 Å². The van der Waals surface area contributed by atoms with Crippen molar-refractivity contribution in [3.63, 3.8) is 0 Å². The number of hydrogen-bond acceptors (Lipinski definition) is 7. The van der Waals surface area contributed by atoms with Crippen LogP contribution in [0.3, 0.4) is 0 Å². The van der Waals surface area contributed by atoms with E-state index in [0.29, 0.717) is 11.1 Å². The third kappa shape index (κ3) is 5.10. The first-order chi connectivity index (χ1) is 13.1. The van der Waals surface area contributed by atoms with Crippen molar-refractivity contribution in [3.05, 3.63) is 69.3 Å². The van der Waals surface area contributed by atoms with E-state index < -0.39 is 28.3 Å². The van der Waals surface area contributed by atoms with Gasteiger partial charge in [0.2, 0.25) is 0 Å². The highest BCUT2D eigenvalue weighted by Crippen LogP contribution is 2.27. The molecule has 0 heterocycles. The van der Waals surface area contributed by atoms with Crippen LogP contribution in [-0.4, -0.2) is 37.8 Å². The van der Waals surface area contributed by atoms with Crippen LogP contribution in [0.5, 0.6) is 11.5 Å². The Bertz CT molecular complexity index is 897. The number of carboxylic acid groups (broad SMARTS) is 1. The average Bonchev–Trinajstić information content (AvgIpc) is 2.63. The average molecular weight is 390 g/mol. The second kappa shape index (κ2) is 8.25. The molecule has 0 radical (unpaired) electrons. The van der Waals surface area contributed by atoms with E-state index in [1.54, 1.807) is 0 Å². The minimum Gasteiger partial charge on any atom is -0.504 e. The van der Waals surface area contributed by atoms with Gasteiger partial charge in [-0.15, -0.1) is 10.1 Å². The van der Waals surface area contributed by atoms with Gasteiger partial charge in [0.05, 0.1) is 0 Å². The molecule has 2 aromatic carbocycles. The van der Waals surface area contributed by atoms with E-state index in [4.69, 9.17) is 0 Å². The number of rotatable bonds is 8. The summed E-state index contributed by atoms with van der Waals surface area (Å²) in [5.41, 5.74) is -0.666. The zero-order valence-electron chi connectivity index (χ0n) is 14.8. The van der Waals surface area contributed by atoms with Gasteiger partial charge < -0.3 is 25.5 Å². The maximum atomic E-state index is 12.5. The van der Waals surface area contributed by atoms with E-state index in [1.165, 1.54) is 49.4 Å². The standard InChI is InChI=1S/C18H18N2O8/c1-18(17(24)25,9-12-4-7-14(21)15(22)8-12)19-16(23)13-5-2-11(3-6-13)10-28-20(26)27/h2-8,21-22H,9-10H2,1H3,(H,19,23)(H,24,25). The molecule has 0 saturated carbocycles. The Kier molecular flexibility index (Phi) is 6.04. The van der Waals surface area contributed by atoms with Crippen molar-refractivity contribution in [3.8, 4) is 11.5 Å². The maximum Gasteiger partial charge on any atom is 0.329 e. The van der Waals surface area contributed by atoms with E-state index in [2.05, 4.69) is 10.2 Å². The molecule has 1 atom stereocenters. The molecule has 0 spiro atoms. The number of phenolic OH excluding ortho intramolecular Hbond substituents is 2. The number of nitrogens with zero attached hydrogens (tertiary/aromatic N) is 1. The van der Waals surface area contributed by atoms with Gasteiger partial charge in [0.15, 0.2) is 11.5 Å². The molecule has 2 aromatic rings. The largest absolute Gasteiger partial charge is 0.504 e. The number of aromatic hydroxyl groups is 2. The van der Waals surface area contributed by atoms with Gasteiger partial charge in [0, 0.05) is 12.0 Å². The smallest absolute Gasteiger partial charge is 0.329 e. The number of phenols is 2. The number of nitrogens with one attached hydrogen (secondary N) is 1. The molecule has 148 valence electrons. The minimum absolute atomic E-state index is 0.142. The van der Waals surface area contributed by atoms with Crippen molar-refractivity contribution in [1.29, 1.82) is 0 Å². The molecule has 0 aliphatic carbocycles. The first-order valence-electron chi connectivity index (χ1n) is 8.04. The van der Waals surface area contributed by atoms with Gasteiger partial charge in [-0.05, 0) is 42.3 Å². The number of carbonyl (C=O) groups excluding carboxylic acids is 1. The van der Waals surface area contributed by atoms with Crippen molar-refractivity contribution in [2.75, 3.05) is 0 Å². The van der Waals surface area contributed by atoms with Crippen LogP contribution in [0.1, 0.15) is 28.4 Å².